The van der Waals surface area contributed by atoms with Crippen LogP contribution in [-0.2, 0) is 26.4 Å². The molecule has 0 saturated carbocycles. The molecule has 6 heteroatoms. The van der Waals surface area contributed by atoms with Gasteiger partial charge in [0.15, 0.2) is 11.1 Å². The monoisotopic (exact) mass is 392 g/mol. The van der Waals surface area contributed by atoms with Gasteiger partial charge in [0.2, 0.25) is 0 Å². The van der Waals surface area contributed by atoms with Gasteiger partial charge < -0.3 is 9.29 Å². The van der Waals surface area contributed by atoms with Gasteiger partial charge in [-0.2, -0.15) is 0 Å². The average molecular weight is 393 g/mol. The molecule has 1 unspecified atom stereocenters. The summed E-state index contributed by atoms with van der Waals surface area (Å²) in [6.45, 7) is 0.232. The molecule has 0 amide bonds. The molecule has 118 valence electrons. The van der Waals surface area contributed by atoms with E-state index in [1.165, 1.54) is 0 Å². The second kappa shape index (κ2) is 6.78. The summed E-state index contributed by atoms with van der Waals surface area (Å²) in [4.78, 5) is 12.1. The number of rotatable bonds is 4. The first kappa shape index (κ1) is 16.1. The molecule has 2 aromatic rings. The molecule has 0 fully saturated rings. The van der Waals surface area contributed by atoms with Gasteiger partial charge in [0, 0.05) is 10.0 Å². The zero-order valence-electron chi connectivity index (χ0n) is 12.0. The number of benzene rings is 2. The van der Waals surface area contributed by atoms with Crippen molar-refractivity contribution in [2.75, 3.05) is 6.61 Å². The van der Waals surface area contributed by atoms with Gasteiger partial charge in [-0.3, -0.25) is 0 Å². The number of esters is 1. The number of hydrogen-bond donors (Lipinski definition) is 1. The Labute approximate surface area is 144 Å². The Bertz CT molecular complexity index is 794. The highest BCUT2D eigenvalue weighted by Gasteiger charge is 2.27. The lowest BCUT2D eigenvalue weighted by atomic mass is 9.96. The van der Waals surface area contributed by atoms with Crippen molar-refractivity contribution in [3.63, 3.8) is 0 Å². The minimum atomic E-state index is -1.87. The van der Waals surface area contributed by atoms with E-state index in [4.69, 9.17) is 9.29 Å². The highest BCUT2D eigenvalue weighted by molar-refractivity contribution is 9.10. The van der Waals surface area contributed by atoms with Gasteiger partial charge in [0.1, 0.15) is 6.61 Å². The van der Waals surface area contributed by atoms with Gasteiger partial charge in [-0.15, -0.1) is 0 Å². The molecule has 0 radical (unpaired) electrons. The minimum Gasteiger partial charge on any atom is -0.457 e. The number of carbonyl (C=O) groups is 1. The number of carbonyl (C=O) groups excluding carboxylic acids is 1. The third-order valence-corrected chi connectivity index (χ3v) is 4.69. The van der Waals surface area contributed by atoms with Crippen LogP contribution in [0.25, 0.3) is 11.1 Å². The van der Waals surface area contributed by atoms with Crippen LogP contribution in [-0.4, -0.2) is 21.3 Å². The third-order valence-electron chi connectivity index (χ3n) is 3.58. The van der Waals surface area contributed by atoms with Gasteiger partial charge in [-0.05, 0) is 28.8 Å². The number of cyclic esters (lactones) is 1. The van der Waals surface area contributed by atoms with Gasteiger partial charge >= 0.3 is 5.97 Å². The van der Waals surface area contributed by atoms with Crippen molar-refractivity contribution in [3.8, 4) is 0 Å². The molecule has 0 aliphatic carbocycles. The molecule has 0 saturated heterocycles. The van der Waals surface area contributed by atoms with Crippen molar-refractivity contribution < 1.29 is 18.3 Å². The van der Waals surface area contributed by atoms with Crippen molar-refractivity contribution in [2.24, 2.45) is 0 Å². The smallest absolute Gasteiger partial charge is 0.339 e. The molecule has 2 aromatic carbocycles. The number of halogens is 1. The quantitative estimate of drug-likeness (QED) is 0.637. The average Bonchev–Trinajstić information content (AvgIpc) is 2.90. The van der Waals surface area contributed by atoms with Crippen molar-refractivity contribution in [1.29, 1.82) is 0 Å². The van der Waals surface area contributed by atoms with Crippen LogP contribution in [0.5, 0.6) is 0 Å². The summed E-state index contributed by atoms with van der Waals surface area (Å²) in [5.74, 6) is -0.239. The van der Waals surface area contributed by atoms with E-state index in [1.807, 2.05) is 36.4 Å². The molecule has 1 aliphatic heterocycles. The van der Waals surface area contributed by atoms with E-state index < -0.39 is 11.1 Å². The van der Waals surface area contributed by atoms with Crippen LogP contribution < -0.4 is 0 Å². The van der Waals surface area contributed by atoms with Crippen LogP contribution in [0.4, 0.5) is 0 Å². The van der Waals surface area contributed by atoms with Gasteiger partial charge in [-0.25, -0.2) is 9.00 Å². The van der Waals surface area contributed by atoms with Crippen molar-refractivity contribution in [1.82, 2.24) is 0 Å². The van der Waals surface area contributed by atoms with E-state index >= 15 is 0 Å². The number of hydrogen-bond acceptors (Lipinski definition) is 3. The summed E-state index contributed by atoms with van der Waals surface area (Å²) in [7, 11) is 0. The summed E-state index contributed by atoms with van der Waals surface area (Å²) in [5, 5.41) is 0. The van der Waals surface area contributed by atoms with Gasteiger partial charge in [-0.1, -0.05) is 52.3 Å². The Hall–Kier alpha value is -1.76. The van der Waals surface area contributed by atoms with Crippen LogP contribution in [0.3, 0.4) is 0 Å². The molecule has 0 bridgehead atoms. The Morgan fingerprint density at radius 2 is 1.65 bits per heavy atom. The molecular formula is C17H13BrO4S. The molecule has 1 N–H and O–H groups in total. The lowest BCUT2D eigenvalue weighted by molar-refractivity contribution is -0.133. The summed E-state index contributed by atoms with van der Waals surface area (Å²) < 4.78 is 25.9. The summed E-state index contributed by atoms with van der Waals surface area (Å²) in [5.41, 5.74) is 3.85. The number of ether oxygens (including phenoxy) is 1. The van der Waals surface area contributed by atoms with E-state index in [0.717, 1.165) is 26.7 Å². The van der Waals surface area contributed by atoms with Crippen LogP contribution in [0, 0.1) is 0 Å². The first-order chi connectivity index (χ1) is 11.0. The Kier molecular flexibility index (Phi) is 4.75. The van der Waals surface area contributed by atoms with Crippen LogP contribution in [0.2, 0.25) is 0 Å². The fourth-order valence-corrected chi connectivity index (χ4v) is 3.23. The lowest BCUT2D eigenvalue weighted by Gasteiger charge is -2.06. The maximum Gasteiger partial charge on any atom is 0.339 e. The molecule has 1 aliphatic rings. The van der Waals surface area contributed by atoms with Crippen molar-refractivity contribution in [3.05, 3.63) is 69.7 Å². The molecule has 0 aromatic heterocycles. The van der Waals surface area contributed by atoms with Crippen LogP contribution in [0.1, 0.15) is 16.7 Å². The molecule has 1 heterocycles. The van der Waals surface area contributed by atoms with Crippen molar-refractivity contribution >= 4 is 44.1 Å². The van der Waals surface area contributed by atoms with Gasteiger partial charge in [0.25, 0.3) is 0 Å². The molecule has 0 spiro atoms. The maximum absolute atomic E-state index is 12.1. The molecule has 1 atom stereocenters. The fraction of sp³-hybridized carbons (Fsp3) is 0.118. The first-order valence-electron chi connectivity index (χ1n) is 6.87. The summed E-state index contributed by atoms with van der Waals surface area (Å²) in [6.07, 6.45) is 0. The molecular weight excluding hydrogens is 380 g/mol. The van der Waals surface area contributed by atoms with Crippen LogP contribution in [0.15, 0.2) is 53.0 Å². The Morgan fingerprint density at radius 3 is 2.26 bits per heavy atom. The second-order valence-corrected chi connectivity index (χ2v) is 6.95. The topological polar surface area (TPSA) is 63.6 Å². The molecule has 4 nitrogen and oxygen atoms in total. The lowest BCUT2D eigenvalue weighted by Crippen LogP contribution is -1.98. The summed E-state index contributed by atoms with van der Waals surface area (Å²) in [6, 6.07) is 14.8. The Balaban J connectivity index is 1.99. The van der Waals surface area contributed by atoms with Gasteiger partial charge in [0.05, 0.1) is 11.3 Å². The predicted octanol–water partition coefficient (Wildman–Crippen LogP) is 3.64. The fourth-order valence-electron chi connectivity index (χ4n) is 2.49. The van der Waals surface area contributed by atoms with E-state index in [1.54, 1.807) is 12.1 Å². The SMILES string of the molecule is O=C1OCC(c2ccc(CS(=O)O)cc2)=C1c1ccc(Br)cc1. The first-order valence-corrected chi connectivity index (χ1v) is 8.94. The molecule has 3 rings (SSSR count). The predicted molar refractivity (Wildman–Crippen MR) is 92.8 cm³/mol. The highest BCUT2D eigenvalue weighted by atomic mass is 79.9. The van der Waals surface area contributed by atoms with E-state index in [0.29, 0.717) is 5.57 Å². The zero-order chi connectivity index (χ0) is 16.4. The normalized spacial score (nSPS) is 15.7. The minimum absolute atomic E-state index is 0.0916. The van der Waals surface area contributed by atoms with E-state index in [9.17, 15) is 9.00 Å². The van der Waals surface area contributed by atoms with E-state index in [-0.39, 0.29) is 18.3 Å². The standard InChI is InChI=1S/C17H13BrO4S/c18-14-7-5-13(6-8-14)16-15(9-22-17(16)19)12-3-1-11(2-4-12)10-23(20)21/h1-8H,9-10H2,(H,20,21). The second-order valence-electron chi connectivity index (χ2n) is 5.10. The highest BCUT2D eigenvalue weighted by Crippen LogP contribution is 2.33. The largest absolute Gasteiger partial charge is 0.457 e. The maximum atomic E-state index is 12.1. The third kappa shape index (κ3) is 3.60. The summed E-state index contributed by atoms with van der Waals surface area (Å²) >= 11 is 1.51. The van der Waals surface area contributed by atoms with Crippen LogP contribution >= 0.6 is 15.9 Å². The Morgan fingerprint density at radius 1 is 1.04 bits per heavy atom. The van der Waals surface area contributed by atoms with Crippen molar-refractivity contribution in [2.45, 2.75) is 5.75 Å². The molecule has 23 heavy (non-hydrogen) atoms. The zero-order valence-corrected chi connectivity index (χ0v) is 14.4. The van der Waals surface area contributed by atoms with E-state index in [2.05, 4.69) is 15.9 Å².